The van der Waals surface area contributed by atoms with Crippen LogP contribution in [0.25, 0.3) is 0 Å². The molecule has 2 rings (SSSR count). The molecule has 1 aliphatic heterocycles. The molecule has 0 aromatic carbocycles. The molecule has 1 atom stereocenters. The van der Waals surface area contributed by atoms with E-state index in [1.54, 1.807) is 0 Å². The second kappa shape index (κ2) is 8.33. The lowest BCUT2D eigenvalue weighted by Gasteiger charge is -2.28. The summed E-state index contributed by atoms with van der Waals surface area (Å²) in [5, 5.41) is 15.3. The van der Waals surface area contributed by atoms with Crippen LogP contribution in [0.1, 0.15) is 50.8 Å². The Kier molecular flexibility index (Phi) is 6.43. The average molecular weight is 334 g/mol. The number of amides is 2. The Bertz CT molecular complexity index is 558. The first-order valence-electron chi connectivity index (χ1n) is 8.86. The minimum Gasteiger partial charge on any atom is -0.394 e. The van der Waals surface area contributed by atoms with Gasteiger partial charge in [-0.25, -0.2) is 9.78 Å². The molecule has 1 aromatic rings. The molecule has 0 bridgehead atoms. The van der Waals surface area contributed by atoms with Crippen molar-refractivity contribution in [2.75, 3.05) is 24.6 Å². The van der Waals surface area contributed by atoms with Gasteiger partial charge in [0.25, 0.3) is 0 Å². The number of pyridine rings is 1. The van der Waals surface area contributed by atoms with Crippen LogP contribution in [0.4, 0.5) is 10.6 Å². The molecule has 0 radical (unpaired) electrons. The maximum atomic E-state index is 12.2. The molecular formula is C18H30N4O2. The molecule has 1 fully saturated rings. The van der Waals surface area contributed by atoms with Crippen LogP contribution in [0.15, 0.2) is 12.1 Å². The monoisotopic (exact) mass is 334 g/mol. The molecule has 6 nitrogen and oxygen atoms in total. The fraction of sp³-hybridized carbons (Fsp3) is 0.667. The van der Waals surface area contributed by atoms with Gasteiger partial charge >= 0.3 is 6.03 Å². The third-order valence-electron chi connectivity index (χ3n) is 4.51. The Labute approximate surface area is 144 Å². The number of urea groups is 1. The van der Waals surface area contributed by atoms with Crippen LogP contribution in [-0.2, 0) is 6.54 Å². The van der Waals surface area contributed by atoms with Crippen molar-refractivity contribution >= 4 is 11.8 Å². The highest BCUT2D eigenvalue weighted by Crippen LogP contribution is 2.23. The second-order valence-corrected chi connectivity index (χ2v) is 6.91. The summed E-state index contributed by atoms with van der Waals surface area (Å²) in [6.45, 7) is 8.29. The van der Waals surface area contributed by atoms with Gasteiger partial charge in [0.15, 0.2) is 0 Å². The minimum atomic E-state index is -0.581. The molecule has 134 valence electrons. The molecule has 0 aliphatic carbocycles. The van der Waals surface area contributed by atoms with Gasteiger partial charge in [-0.1, -0.05) is 19.4 Å². The van der Waals surface area contributed by atoms with Crippen molar-refractivity contribution < 1.29 is 9.90 Å². The molecule has 1 aromatic heterocycles. The third kappa shape index (κ3) is 4.84. The Morgan fingerprint density at radius 2 is 2.08 bits per heavy atom. The van der Waals surface area contributed by atoms with Crippen LogP contribution in [0.5, 0.6) is 0 Å². The van der Waals surface area contributed by atoms with E-state index in [9.17, 15) is 9.90 Å². The number of nitrogens with one attached hydrogen (secondary N) is 2. The largest absolute Gasteiger partial charge is 0.394 e. The van der Waals surface area contributed by atoms with Crippen LogP contribution >= 0.6 is 0 Å². The van der Waals surface area contributed by atoms with Gasteiger partial charge in [-0.2, -0.15) is 0 Å². The van der Waals surface area contributed by atoms with Gasteiger partial charge in [0, 0.05) is 30.9 Å². The first-order valence-corrected chi connectivity index (χ1v) is 8.86. The lowest BCUT2D eigenvalue weighted by Crippen LogP contribution is -2.52. The van der Waals surface area contributed by atoms with Crippen molar-refractivity contribution in [3.8, 4) is 0 Å². The van der Waals surface area contributed by atoms with Gasteiger partial charge < -0.3 is 20.6 Å². The normalized spacial score (nSPS) is 16.8. The number of aliphatic hydroxyl groups excluding tert-OH is 1. The molecular weight excluding hydrogens is 304 g/mol. The van der Waals surface area contributed by atoms with Crippen LogP contribution in [0, 0.1) is 6.92 Å². The molecule has 6 heteroatoms. The molecule has 2 heterocycles. The Morgan fingerprint density at radius 3 is 2.71 bits per heavy atom. The van der Waals surface area contributed by atoms with Crippen LogP contribution in [0.3, 0.4) is 0 Å². The number of carbonyl (C=O) groups excluding carboxylic acids is 1. The summed E-state index contributed by atoms with van der Waals surface area (Å²) < 4.78 is 0. The number of nitrogens with zero attached hydrogens (tertiary/aromatic N) is 2. The number of hydrogen-bond acceptors (Lipinski definition) is 4. The van der Waals surface area contributed by atoms with E-state index in [0.29, 0.717) is 6.54 Å². The highest BCUT2D eigenvalue weighted by molar-refractivity contribution is 5.75. The second-order valence-electron chi connectivity index (χ2n) is 6.91. The number of anilines is 1. The van der Waals surface area contributed by atoms with Crippen LogP contribution in [-0.4, -0.2) is 41.4 Å². The van der Waals surface area contributed by atoms with Crippen LogP contribution in [0.2, 0.25) is 0 Å². The van der Waals surface area contributed by atoms with E-state index in [1.165, 1.54) is 12.8 Å². The smallest absolute Gasteiger partial charge is 0.315 e. The summed E-state index contributed by atoms with van der Waals surface area (Å²) >= 11 is 0. The predicted molar refractivity (Wildman–Crippen MR) is 96.2 cm³/mol. The van der Waals surface area contributed by atoms with E-state index >= 15 is 0 Å². The van der Waals surface area contributed by atoms with Gasteiger partial charge in [0.2, 0.25) is 0 Å². The van der Waals surface area contributed by atoms with E-state index in [0.717, 1.165) is 43.0 Å². The maximum Gasteiger partial charge on any atom is 0.315 e. The zero-order chi connectivity index (χ0) is 17.6. The number of aliphatic hydroxyl groups is 1. The highest BCUT2D eigenvalue weighted by atomic mass is 16.3. The molecule has 3 N–H and O–H groups in total. The van der Waals surface area contributed by atoms with E-state index in [4.69, 9.17) is 0 Å². The topological polar surface area (TPSA) is 77.5 Å². The van der Waals surface area contributed by atoms with E-state index in [2.05, 4.69) is 20.5 Å². The molecule has 1 aliphatic rings. The maximum absolute atomic E-state index is 12.2. The van der Waals surface area contributed by atoms with Crippen LogP contribution < -0.4 is 15.5 Å². The van der Waals surface area contributed by atoms with Crippen molar-refractivity contribution in [1.29, 1.82) is 0 Å². The number of aryl methyl sites for hydroxylation is 1. The van der Waals surface area contributed by atoms with Crippen molar-refractivity contribution in [3.63, 3.8) is 0 Å². The van der Waals surface area contributed by atoms with Gasteiger partial charge in [0.1, 0.15) is 5.82 Å². The summed E-state index contributed by atoms with van der Waals surface area (Å²) in [5.74, 6) is 0.978. The van der Waals surface area contributed by atoms with Gasteiger partial charge in [0.05, 0.1) is 12.1 Å². The first kappa shape index (κ1) is 18.5. The van der Waals surface area contributed by atoms with Gasteiger partial charge in [-0.05, 0) is 39.2 Å². The summed E-state index contributed by atoms with van der Waals surface area (Å²) in [7, 11) is 0. The molecule has 1 unspecified atom stereocenters. The molecule has 1 saturated heterocycles. The van der Waals surface area contributed by atoms with Gasteiger partial charge in [-0.3, -0.25) is 0 Å². The lowest BCUT2D eigenvalue weighted by molar-refractivity contribution is 0.163. The quantitative estimate of drug-likeness (QED) is 0.715. The summed E-state index contributed by atoms with van der Waals surface area (Å²) in [4.78, 5) is 19.2. The zero-order valence-electron chi connectivity index (χ0n) is 15.1. The number of rotatable bonds is 7. The Hall–Kier alpha value is -1.82. The van der Waals surface area contributed by atoms with E-state index in [1.807, 2.05) is 32.9 Å². The fourth-order valence-corrected chi connectivity index (χ4v) is 3.14. The van der Waals surface area contributed by atoms with E-state index < -0.39 is 5.54 Å². The molecule has 0 saturated carbocycles. The van der Waals surface area contributed by atoms with Crippen molar-refractivity contribution in [3.05, 3.63) is 23.4 Å². The standard InChI is InChI=1S/C18H30N4O2/c1-4-9-18(3,13-23)21-17(24)19-12-15-8-7-14(2)20-16(15)22-10-5-6-11-22/h7-8,23H,4-6,9-13H2,1-3H3,(H2,19,21,24). The van der Waals surface area contributed by atoms with Crippen molar-refractivity contribution in [2.45, 2.75) is 58.5 Å². The fourth-order valence-electron chi connectivity index (χ4n) is 3.14. The Morgan fingerprint density at radius 1 is 1.38 bits per heavy atom. The van der Waals surface area contributed by atoms with Crippen molar-refractivity contribution in [1.82, 2.24) is 15.6 Å². The number of aromatic nitrogens is 1. The minimum absolute atomic E-state index is 0.0701. The SMILES string of the molecule is CCCC(C)(CO)NC(=O)NCc1ccc(C)nc1N1CCCC1. The summed E-state index contributed by atoms with van der Waals surface area (Å²) in [5.41, 5.74) is 1.43. The molecule has 0 spiro atoms. The Balaban J connectivity index is 1.99. The molecule has 2 amide bonds. The first-order chi connectivity index (χ1) is 11.5. The van der Waals surface area contributed by atoms with Crippen molar-refractivity contribution in [2.24, 2.45) is 0 Å². The zero-order valence-corrected chi connectivity index (χ0v) is 15.1. The van der Waals surface area contributed by atoms with Gasteiger partial charge in [-0.15, -0.1) is 0 Å². The average Bonchev–Trinajstić information content (AvgIpc) is 3.08. The number of carbonyl (C=O) groups is 1. The number of hydrogen-bond donors (Lipinski definition) is 3. The molecule has 24 heavy (non-hydrogen) atoms. The predicted octanol–water partition coefficient (Wildman–Crippen LogP) is 2.34. The van der Waals surface area contributed by atoms with E-state index in [-0.39, 0.29) is 12.6 Å². The highest BCUT2D eigenvalue weighted by Gasteiger charge is 2.24. The summed E-state index contributed by atoms with van der Waals surface area (Å²) in [6, 6.07) is 3.75. The lowest BCUT2D eigenvalue weighted by atomic mass is 9.98. The summed E-state index contributed by atoms with van der Waals surface area (Å²) in [6.07, 6.45) is 4.02. The third-order valence-corrected chi connectivity index (χ3v) is 4.51.